The van der Waals surface area contributed by atoms with E-state index in [9.17, 15) is 10.0 Å². The Morgan fingerprint density at radius 1 is 1.24 bits per heavy atom. The van der Waals surface area contributed by atoms with Crippen LogP contribution >= 0.6 is 0 Å². The molecule has 3 N–H and O–H groups in total. The van der Waals surface area contributed by atoms with E-state index in [1.165, 1.54) is 23.1 Å². The van der Waals surface area contributed by atoms with Crippen LogP contribution in [-0.2, 0) is 6.42 Å². The fraction of sp³-hybridized carbons (Fsp3) is 0.211. The lowest BCUT2D eigenvalue weighted by Crippen LogP contribution is -2.26. The summed E-state index contributed by atoms with van der Waals surface area (Å²) in [6.07, 6.45) is 0.726. The fourth-order valence-corrected chi connectivity index (χ4v) is 3.07. The second kappa shape index (κ2) is 6.96. The van der Waals surface area contributed by atoms with Crippen molar-refractivity contribution in [2.24, 2.45) is 0 Å². The Balaban J connectivity index is 1.66. The Kier molecular flexibility index (Phi) is 4.74. The normalized spacial score (nSPS) is 10.9. The third-order valence-corrected chi connectivity index (χ3v) is 4.35. The largest absolute Gasteiger partial charge is 0.733 e. The lowest BCUT2D eigenvalue weighted by atomic mass is 10.1. The molecule has 0 unspecified atom stereocenters. The lowest BCUT2D eigenvalue weighted by Gasteiger charge is -2.23. The van der Waals surface area contributed by atoms with Gasteiger partial charge in [0, 0.05) is 28.7 Å². The second-order valence-corrected chi connectivity index (χ2v) is 6.05. The molecule has 0 fully saturated rings. The number of carbonyl (C=O) groups is 1. The quantitative estimate of drug-likeness (QED) is 0.621. The zero-order valence-corrected chi connectivity index (χ0v) is 14.2. The van der Waals surface area contributed by atoms with Crippen LogP contribution in [0.25, 0.3) is 10.9 Å². The van der Waals surface area contributed by atoms with Gasteiger partial charge in [-0.15, -0.1) is 0 Å². The number of hydrogen-bond donors (Lipinski definition) is 3. The molecule has 130 valence electrons. The minimum atomic E-state index is -0.206. The number of para-hydroxylation sites is 1. The predicted molar refractivity (Wildman–Crippen MR) is 97.9 cm³/mol. The molecule has 6 nitrogen and oxygen atoms in total. The maximum Gasteiger partial charge on any atom is 0.251 e. The van der Waals surface area contributed by atoms with Crippen molar-refractivity contribution < 1.29 is 10.0 Å². The first-order valence-electron chi connectivity index (χ1n) is 8.08. The third kappa shape index (κ3) is 3.50. The molecule has 0 aliphatic carbocycles. The van der Waals surface area contributed by atoms with Crippen LogP contribution in [0.15, 0.2) is 42.5 Å². The van der Waals surface area contributed by atoms with Crippen LogP contribution in [0.4, 0.5) is 5.69 Å². The van der Waals surface area contributed by atoms with E-state index in [2.05, 4.69) is 16.4 Å². The van der Waals surface area contributed by atoms with Crippen LogP contribution in [-0.4, -0.2) is 22.6 Å². The molecule has 0 atom stereocenters. The minimum absolute atomic E-state index is 0.131. The van der Waals surface area contributed by atoms with E-state index in [0.29, 0.717) is 17.7 Å². The van der Waals surface area contributed by atoms with Gasteiger partial charge in [-0.25, -0.2) is 0 Å². The molecule has 1 heterocycles. The maximum atomic E-state index is 12.3. The van der Waals surface area contributed by atoms with Crippen molar-refractivity contribution in [3.8, 4) is 0 Å². The lowest BCUT2D eigenvalue weighted by molar-refractivity contribution is 0.0954. The van der Waals surface area contributed by atoms with Crippen molar-refractivity contribution in [3.05, 3.63) is 70.1 Å². The number of amides is 1. The van der Waals surface area contributed by atoms with Gasteiger partial charge in [0.15, 0.2) is 0 Å². The van der Waals surface area contributed by atoms with Gasteiger partial charge in [0.05, 0.1) is 5.69 Å². The summed E-state index contributed by atoms with van der Waals surface area (Å²) in [7, 11) is 0. The van der Waals surface area contributed by atoms with Gasteiger partial charge in [-0.05, 0) is 55.7 Å². The number of rotatable bonds is 5. The summed E-state index contributed by atoms with van der Waals surface area (Å²) in [5, 5.41) is 23.8. The van der Waals surface area contributed by atoms with Gasteiger partial charge in [0.1, 0.15) is 0 Å². The molecule has 2 aromatic carbocycles. The van der Waals surface area contributed by atoms with E-state index in [-0.39, 0.29) is 16.8 Å². The Hall–Kier alpha value is -2.83. The Bertz CT molecular complexity index is 915. The molecule has 25 heavy (non-hydrogen) atoms. The predicted octanol–water partition coefficient (Wildman–Crippen LogP) is 3.45. The first kappa shape index (κ1) is 17.0. The van der Waals surface area contributed by atoms with Gasteiger partial charge >= 0.3 is 0 Å². The third-order valence-electron chi connectivity index (χ3n) is 4.35. The summed E-state index contributed by atoms with van der Waals surface area (Å²) in [6.45, 7) is 4.21. The number of H-pyrrole nitrogens is 1. The van der Waals surface area contributed by atoms with Crippen LogP contribution in [0.1, 0.15) is 27.2 Å². The molecular formula is C19H20N3O3-. The second-order valence-electron chi connectivity index (χ2n) is 6.05. The number of benzene rings is 2. The standard InChI is InChI=1S/C19H20N3O3/c1-12-11-14(7-8-18(12)22(24)25)19(23)20-10-9-15-13(2)21-17-6-4-3-5-16(15)17/h3-8,11,21,24H,9-10H2,1-2H3,(H,20,23)/q-1. The van der Waals surface area contributed by atoms with Gasteiger partial charge in [0.25, 0.3) is 5.91 Å². The van der Waals surface area contributed by atoms with E-state index in [1.54, 1.807) is 13.0 Å². The van der Waals surface area contributed by atoms with Crippen LogP contribution < -0.4 is 10.5 Å². The molecule has 0 saturated carbocycles. The van der Waals surface area contributed by atoms with E-state index in [4.69, 9.17) is 5.21 Å². The zero-order chi connectivity index (χ0) is 18.0. The molecule has 0 aliphatic heterocycles. The SMILES string of the molecule is Cc1cc(C(=O)NCCc2c(C)[nH]c3ccccc23)ccc1N([O-])O. The molecule has 0 bridgehead atoms. The Labute approximate surface area is 145 Å². The minimum Gasteiger partial charge on any atom is -0.733 e. The van der Waals surface area contributed by atoms with Crippen molar-refractivity contribution in [3.63, 3.8) is 0 Å². The Morgan fingerprint density at radius 3 is 2.72 bits per heavy atom. The molecule has 1 aromatic heterocycles. The average Bonchev–Trinajstić information content (AvgIpc) is 2.90. The highest BCUT2D eigenvalue weighted by molar-refractivity contribution is 5.95. The first-order chi connectivity index (χ1) is 12.0. The van der Waals surface area contributed by atoms with Gasteiger partial charge in [-0.3, -0.25) is 10.0 Å². The Morgan fingerprint density at radius 2 is 2.00 bits per heavy atom. The molecule has 0 aliphatic rings. The van der Waals surface area contributed by atoms with Gasteiger partial charge in [-0.2, -0.15) is 0 Å². The number of aromatic nitrogens is 1. The summed E-state index contributed by atoms with van der Waals surface area (Å²) in [6, 6.07) is 12.6. The molecule has 0 saturated heterocycles. The van der Waals surface area contributed by atoms with E-state index < -0.39 is 0 Å². The maximum absolute atomic E-state index is 12.3. The zero-order valence-electron chi connectivity index (χ0n) is 14.2. The highest BCUT2D eigenvalue weighted by atomic mass is 16.8. The molecule has 0 radical (unpaired) electrons. The molecular weight excluding hydrogens is 318 g/mol. The van der Waals surface area contributed by atoms with Crippen LogP contribution in [0.5, 0.6) is 0 Å². The number of aryl methyl sites for hydroxylation is 2. The first-order valence-corrected chi connectivity index (χ1v) is 8.08. The van der Waals surface area contributed by atoms with E-state index >= 15 is 0 Å². The molecule has 1 amide bonds. The number of carbonyl (C=O) groups excluding carboxylic acids is 1. The number of fused-ring (bicyclic) bond motifs is 1. The summed E-state index contributed by atoms with van der Waals surface area (Å²) >= 11 is 0. The van der Waals surface area contributed by atoms with Crippen LogP contribution in [0.2, 0.25) is 0 Å². The monoisotopic (exact) mass is 338 g/mol. The molecule has 6 heteroatoms. The molecule has 3 aromatic rings. The van der Waals surface area contributed by atoms with Crippen molar-refractivity contribution in [2.75, 3.05) is 11.8 Å². The van der Waals surface area contributed by atoms with E-state index in [1.807, 2.05) is 25.1 Å². The topological polar surface area (TPSA) is 91.4 Å². The van der Waals surface area contributed by atoms with Crippen molar-refractivity contribution in [1.29, 1.82) is 0 Å². The van der Waals surface area contributed by atoms with Gasteiger partial charge in [0.2, 0.25) is 0 Å². The number of nitrogens with zero attached hydrogens (tertiary/aromatic N) is 1. The van der Waals surface area contributed by atoms with Crippen LogP contribution in [0.3, 0.4) is 0 Å². The highest BCUT2D eigenvalue weighted by Gasteiger charge is 2.10. The summed E-state index contributed by atoms with van der Waals surface area (Å²) in [5.41, 5.74) is 4.53. The van der Waals surface area contributed by atoms with Crippen LogP contribution in [0, 0.1) is 19.1 Å². The fourth-order valence-electron chi connectivity index (χ4n) is 3.07. The van der Waals surface area contributed by atoms with Crippen molar-refractivity contribution in [2.45, 2.75) is 20.3 Å². The summed E-state index contributed by atoms with van der Waals surface area (Å²) in [4.78, 5) is 15.6. The number of anilines is 1. The molecule has 3 rings (SSSR count). The van der Waals surface area contributed by atoms with Crippen molar-refractivity contribution in [1.82, 2.24) is 10.3 Å². The summed E-state index contributed by atoms with van der Waals surface area (Å²) < 4.78 is 0. The van der Waals surface area contributed by atoms with Gasteiger partial charge in [-0.1, -0.05) is 18.2 Å². The summed E-state index contributed by atoms with van der Waals surface area (Å²) in [5.74, 6) is -0.206. The highest BCUT2D eigenvalue weighted by Crippen LogP contribution is 2.22. The smallest absolute Gasteiger partial charge is 0.251 e. The van der Waals surface area contributed by atoms with E-state index in [0.717, 1.165) is 17.6 Å². The number of hydrogen-bond acceptors (Lipinski definition) is 4. The number of aromatic amines is 1. The number of nitrogens with one attached hydrogen (secondary N) is 2. The average molecular weight is 338 g/mol. The van der Waals surface area contributed by atoms with Gasteiger partial charge < -0.3 is 20.7 Å². The molecule has 0 spiro atoms. The van der Waals surface area contributed by atoms with Crippen molar-refractivity contribution >= 4 is 22.5 Å².